The molecule has 0 spiro atoms. The molecule has 2 N–H and O–H groups in total. The van der Waals surface area contributed by atoms with Gasteiger partial charge in [-0.15, -0.1) is 0 Å². The fourth-order valence-corrected chi connectivity index (χ4v) is 2.03. The molecule has 0 radical (unpaired) electrons. The molecule has 1 atom stereocenters. The van der Waals surface area contributed by atoms with Gasteiger partial charge in [0.25, 0.3) is 0 Å². The number of likely N-dealkylation sites (N-methyl/N-ethyl adjacent to an activating group) is 1. The summed E-state index contributed by atoms with van der Waals surface area (Å²) in [5.41, 5.74) is 8.14. The SMILES string of the molecule is CCN(Cc1ccc(N(C)C)cc1)C(=O)[C@H](N)C(C)(C)C. The van der Waals surface area contributed by atoms with Crippen LogP contribution in [0.25, 0.3) is 0 Å². The van der Waals surface area contributed by atoms with Crippen molar-refractivity contribution < 1.29 is 4.79 Å². The highest BCUT2D eigenvalue weighted by Crippen LogP contribution is 2.20. The highest BCUT2D eigenvalue weighted by Gasteiger charge is 2.30. The van der Waals surface area contributed by atoms with E-state index >= 15 is 0 Å². The van der Waals surface area contributed by atoms with E-state index in [-0.39, 0.29) is 11.3 Å². The van der Waals surface area contributed by atoms with Crippen LogP contribution in [0, 0.1) is 5.41 Å². The molecule has 0 aliphatic rings. The van der Waals surface area contributed by atoms with E-state index in [4.69, 9.17) is 5.73 Å². The van der Waals surface area contributed by atoms with Crippen molar-refractivity contribution in [1.29, 1.82) is 0 Å². The second kappa shape index (κ2) is 6.94. The Kier molecular flexibility index (Phi) is 5.78. The first-order chi connectivity index (χ1) is 9.66. The Morgan fingerprint density at radius 1 is 1.19 bits per heavy atom. The fraction of sp³-hybridized carbons (Fsp3) is 0.588. The van der Waals surface area contributed by atoms with E-state index in [1.165, 1.54) is 0 Å². The van der Waals surface area contributed by atoms with Gasteiger partial charge in [0.2, 0.25) is 5.91 Å². The number of carbonyl (C=O) groups excluding carboxylic acids is 1. The van der Waals surface area contributed by atoms with Crippen molar-refractivity contribution >= 4 is 11.6 Å². The lowest BCUT2D eigenvalue weighted by Gasteiger charge is -2.31. The molecule has 1 amide bonds. The van der Waals surface area contributed by atoms with E-state index in [0.29, 0.717) is 13.1 Å². The first kappa shape index (κ1) is 17.5. The first-order valence-corrected chi connectivity index (χ1v) is 7.47. The van der Waals surface area contributed by atoms with Crippen LogP contribution in [0.5, 0.6) is 0 Å². The molecule has 0 aliphatic carbocycles. The third-order valence-corrected chi connectivity index (χ3v) is 3.72. The number of hydrogen-bond acceptors (Lipinski definition) is 3. The monoisotopic (exact) mass is 291 g/mol. The molecule has 0 unspecified atom stereocenters. The third kappa shape index (κ3) is 4.74. The van der Waals surface area contributed by atoms with Crippen LogP contribution in [0.1, 0.15) is 33.3 Å². The number of carbonyl (C=O) groups is 1. The molecular weight excluding hydrogens is 262 g/mol. The molecule has 0 bridgehead atoms. The van der Waals surface area contributed by atoms with Crippen molar-refractivity contribution in [1.82, 2.24) is 4.90 Å². The maximum Gasteiger partial charge on any atom is 0.240 e. The van der Waals surface area contributed by atoms with Crippen molar-refractivity contribution in [3.63, 3.8) is 0 Å². The molecule has 1 aromatic rings. The molecule has 1 aromatic carbocycles. The normalized spacial score (nSPS) is 12.9. The fourth-order valence-electron chi connectivity index (χ4n) is 2.03. The minimum absolute atomic E-state index is 0.0155. The molecule has 0 heterocycles. The number of nitrogens with zero attached hydrogens (tertiary/aromatic N) is 2. The molecule has 0 saturated heterocycles. The Morgan fingerprint density at radius 2 is 1.71 bits per heavy atom. The van der Waals surface area contributed by atoms with Gasteiger partial charge in [-0.1, -0.05) is 32.9 Å². The van der Waals surface area contributed by atoms with E-state index in [2.05, 4.69) is 29.2 Å². The molecule has 118 valence electrons. The Labute approximate surface area is 128 Å². The van der Waals surface area contributed by atoms with Crippen LogP contribution in [0.15, 0.2) is 24.3 Å². The average Bonchev–Trinajstić information content (AvgIpc) is 2.42. The van der Waals surface area contributed by atoms with Crippen LogP contribution in [0.3, 0.4) is 0 Å². The van der Waals surface area contributed by atoms with Crippen molar-refractivity contribution in [3.05, 3.63) is 29.8 Å². The van der Waals surface area contributed by atoms with Gasteiger partial charge in [0.05, 0.1) is 6.04 Å². The summed E-state index contributed by atoms with van der Waals surface area (Å²) < 4.78 is 0. The lowest BCUT2D eigenvalue weighted by Crippen LogP contribution is -2.50. The third-order valence-electron chi connectivity index (χ3n) is 3.72. The van der Waals surface area contributed by atoms with Crippen LogP contribution >= 0.6 is 0 Å². The molecule has 4 nitrogen and oxygen atoms in total. The Hall–Kier alpha value is -1.55. The summed E-state index contributed by atoms with van der Waals surface area (Å²) in [6.07, 6.45) is 0. The van der Waals surface area contributed by atoms with Gasteiger partial charge in [-0.25, -0.2) is 0 Å². The standard InChI is InChI=1S/C17H29N3O/c1-7-20(16(21)15(18)17(2,3)4)12-13-8-10-14(11-9-13)19(5)6/h8-11,15H,7,12,18H2,1-6H3/t15-/m0/s1. The minimum Gasteiger partial charge on any atom is -0.378 e. The largest absolute Gasteiger partial charge is 0.378 e. The van der Waals surface area contributed by atoms with Crippen LogP contribution in [0.2, 0.25) is 0 Å². The molecule has 0 fully saturated rings. The highest BCUT2D eigenvalue weighted by atomic mass is 16.2. The van der Waals surface area contributed by atoms with E-state index in [9.17, 15) is 4.79 Å². The van der Waals surface area contributed by atoms with Gasteiger partial charge in [-0.05, 0) is 30.0 Å². The topological polar surface area (TPSA) is 49.6 Å². The quantitative estimate of drug-likeness (QED) is 0.906. The maximum absolute atomic E-state index is 12.5. The Morgan fingerprint density at radius 3 is 2.10 bits per heavy atom. The molecule has 4 heteroatoms. The summed E-state index contributed by atoms with van der Waals surface area (Å²) in [6, 6.07) is 7.79. The molecule has 0 aliphatic heterocycles. The summed E-state index contributed by atoms with van der Waals surface area (Å²) in [6.45, 7) is 9.24. The van der Waals surface area contributed by atoms with Gasteiger partial charge < -0.3 is 15.5 Å². The van der Waals surface area contributed by atoms with Gasteiger partial charge in [0.15, 0.2) is 0 Å². The summed E-state index contributed by atoms with van der Waals surface area (Å²) in [5.74, 6) is 0.0155. The number of nitrogens with two attached hydrogens (primary N) is 1. The van der Waals surface area contributed by atoms with Gasteiger partial charge >= 0.3 is 0 Å². The number of rotatable bonds is 5. The zero-order valence-corrected chi connectivity index (χ0v) is 14.2. The second-order valence-electron chi connectivity index (χ2n) is 6.76. The van der Waals surface area contributed by atoms with Crippen molar-refractivity contribution in [3.8, 4) is 0 Å². The van der Waals surface area contributed by atoms with E-state index in [0.717, 1.165) is 11.3 Å². The van der Waals surface area contributed by atoms with E-state index in [1.54, 1.807) is 0 Å². The predicted molar refractivity (Wildman–Crippen MR) is 89.3 cm³/mol. The van der Waals surface area contributed by atoms with Gasteiger partial charge in [0.1, 0.15) is 0 Å². The van der Waals surface area contributed by atoms with E-state index in [1.807, 2.05) is 46.7 Å². The van der Waals surface area contributed by atoms with Gasteiger partial charge in [-0.3, -0.25) is 4.79 Å². The second-order valence-corrected chi connectivity index (χ2v) is 6.76. The smallest absolute Gasteiger partial charge is 0.240 e. The minimum atomic E-state index is -0.474. The van der Waals surface area contributed by atoms with Gasteiger partial charge in [-0.2, -0.15) is 0 Å². The number of benzene rings is 1. The van der Waals surface area contributed by atoms with E-state index < -0.39 is 6.04 Å². The van der Waals surface area contributed by atoms with Gasteiger partial charge in [0, 0.05) is 32.9 Å². The zero-order valence-electron chi connectivity index (χ0n) is 14.2. The number of amides is 1. The maximum atomic E-state index is 12.5. The molecule has 21 heavy (non-hydrogen) atoms. The first-order valence-electron chi connectivity index (χ1n) is 7.47. The van der Waals surface area contributed by atoms with Crippen LogP contribution in [0.4, 0.5) is 5.69 Å². The summed E-state index contributed by atoms with van der Waals surface area (Å²) in [7, 11) is 4.03. The number of anilines is 1. The lowest BCUT2D eigenvalue weighted by molar-refractivity contribution is -0.135. The van der Waals surface area contributed by atoms with Crippen molar-refractivity contribution in [2.24, 2.45) is 11.1 Å². The molecule has 0 aromatic heterocycles. The highest BCUT2D eigenvalue weighted by molar-refractivity contribution is 5.82. The molecular formula is C17H29N3O. The van der Waals surface area contributed by atoms with Crippen LogP contribution in [-0.4, -0.2) is 37.5 Å². The zero-order chi connectivity index (χ0) is 16.2. The molecule has 1 rings (SSSR count). The van der Waals surface area contributed by atoms with Crippen LogP contribution < -0.4 is 10.6 Å². The Bertz CT molecular complexity index is 460. The predicted octanol–water partition coefficient (Wildman–Crippen LogP) is 2.47. The summed E-state index contributed by atoms with van der Waals surface area (Å²) >= 11 is 0. The van der Waals surface area contributed by atoms with Crippen molar-refractivity contribution in [2.75, 3.05) is 25.5 Å². The lowest BCUT2D eigenvalue weighted by atomic mass is 9.86. The van der Waals surface area contributed by atoms with Crippen molar-refractivity contribution in [2.45, 2.75) is 40.3 Å². The number of hydrogen-bond donors (Lipinski definition) is 1. The summed E-state index contributed by atoms with van der Waals surface area (Å²) in [4.78, 5) is 16.4. The molecule has 0 saturated carbocycles. The summed E-state index contributed by atoms with van der Waals surface area (Å²) in [5, 5.41) is 0. The Balaban J connectivity index is 2.80. The average molecular weight is 291 g/mol. The van der Waals surface area contributed by atoms with Crippen LogP contribution in [-0.2, 0) is 11.3 Å².